The molecule has 0 fully saturated rings. The molecule has 3 aromatic heterocycles. The Bertz CT molecular complexity index is 1390. The molecule has 10 heteroatoms. The quantitative estimate of drug-likeness (QED) is 0.455. The van der Waals surface area contributed by atoms with Gasteiger partial charge in [-0.05, 0) is 36.1 Å². The molecule has 3 heterocycles. The fourth-order valence-electron chi connectivity index (χ4n) is 4.29. The molecule has 0 saturated heterocycles. The van der Waals surface area contributed by atoms with Crippen LogP contribution in [0.1, 0.15) is 55.9 Å². The number of aromatic nitrogens is 5. The summed E-state index contributed by atoms with van der Waals surface area (Å²) in [5.74, 6) is -2.26. The van der Waals surface area contributed by atoms with Crippen molar-refractivity contribution < 1.29 is 19.1 Å². The van der Waals surface area contributed by atoms with Crippen LogP contribution in [0.3, 0.4) is 0 Å². The average Bonchev–Trinajstić information content (AvgIpc) is 3.50. The first-order valence-corrected chi connectivity index (χ1v) is 10.6. The number of hydrogen-bond acceptors (Lipinski definition) is 6. The van der Waals surface area contributed by atoms with Gasteiger partial charge in [0.15, 0.2) is 0 Å². The van der Waals surface area contributed by atoms with E-state index in [-0.39, 0.29) is 17.0 Å². The zero-order valence-electron chi connectivity index (χ0n) is 17.8. The number of hydrogen-bond donors (Lipinski definition) is 2. The van der Waals surface area contributed by atoms with Crippen LogP contribution in [0.2, 0.25) is 0 Å². The molecule has 1 aliphatic rings. The van der Waals surface area contributed by atoms with E-state index in [4.69, 9.17) is 0 Å². The number of carboxylic acids is 1. The van der Waals surface area contributed by atoms with Gasteiger partial charge in [-0.3, -0.25) is 14.8 Å². The van der Waals surface area contributed by atoms with Crippen LogP contribution in [0, 0.1) is 5.82 Å². The van der Waals surface area contributed by atoms with E-state index in [0.29, 0.717) is 11.4 Å². The molecule has 2 atom stereocenters. The summed E-state index contributed by atoms with van der Waals surface area (Å²) >= 11 is 0. The standard InChI is InChI=1S/C24H19FN6O3/c25-17-7-15(9-26-11-17)23(32)28-22(20-6-5-14-3-1-2-4-19(14)20)21-13-31(30-29-21)18-8-16(24(33)34)10-27-12-18/h1-4,7-13,20,22H,5-6H2,(H,28,32)(H,33,34). The number of aryl methyl sites for hydroxylation is 1. The lowest BCUT2D eigenvalue weighted by atomic mass is 9.91. The Morgan fingerprint density at radius 2 is 1.88 bits per heavy atom. The number of carboxylic acid groups (broad SMARTS) is 1. The Morgan fingerprint density at radius 1 is 1.09 bits per heavy atom. The van der Waals surface area contributed by atoms with Crippen molar-refractivity contribution in [1.29, 1.82) is 0 Å². The van der Waals surface area contributed by atoms with Crippen molar-refractivity contribution in [3.05, 3.63) is 101 Å². The second-order valence-corrected chi connectivity index (χ2v) is 8.01. The van der Waals surface area contributed by atoms with Crippen molar-refractivity contribution in [2.75, 3.05) is 0 Å². The monoisotopic (exact) mass is 458 g/mol. The summed E-state index contributed by atoms with van der Waals surface area (Å²) in [7, 11) is 0. The summed E-state index contributed by atoms with van der Waals surface area (Å²) in [5.41, 5.74) is 3.33. The van der Waals surface area contributed by atoms with E-state index in [0.717, 1.165) is 30.7 Å². The average molecular weight is 458 g/mol. The highest BCUT2D eigenvalue weighted by molar-refractivity contribution is 5.94. The normalized spacial score (nSPS) is 15.5. The number of carbonyl (C=O) groups excluding carboxylic acids is 1. The molecule has 0 saturated carbocycles. The highest BCUT2D eigenvalue weighted by atomic mass is 19.1. The fraction of sp³-hybridized carbons (Fsp3) is 0.167. The molecular weight excluding hydrogens is 439 g/mol. The number of nitrogens with one attached hydrogen (secondary N) is 1. The van der Waals surface area contributed by atoms with Gasteiger partial charge < -0.3 is 10.4 Å². The van der Waals surface area contributed by atoms with Gasteiger partial charge >= 0.3 is 5.97 Å². The number of pyridine rings is 2. The molecule has 2 unspecified atom stereocenters. The van der Waals surface area contributed by atoms with Gasteiger partial charge in [-0.15, -0.1) is 5.10 Å². The van der Waals surface area contributed by atoms with Gasteiger partial charge in [0, 0.05) is 18.3 Å². The Balaban J connectivity index is 1.51. The molecule has 5 rings (SSSR count). The molecule has 0 bridgehead atoms. The van der Waals surface area contributed by atoms with Crippen LogP contribution in [0.15, 0.2) is 67.4 Å². The molecule has 0 aliphatic heterocycles. The van der Waals surface area contributed by atoms with Gasteiger partial charge in [-0.25, -0.2) is 13.9 Å². The molecule has 170 valence electrons. The van der Waals surface area contributed by atoms with Gasteiger partial charge in [0.1, 0.15) is 11.5 Å². The smallest absolute Gasteiger partial charge is 0.337 e. The predicted octanol–water partition coefficient (Wildman–Crippen LogP) is 3.10. The zero-order valence-corrected chi connectivity index (χ0v) is 17.8. The molecule has 1 aliphatic carbocycles. The van der Waals surface area contributed by atoms with E-state index in [1.807, 2.05) is 18.2 Å². The molecule has 4 aromatic rings. The van der Waals surface area contributed by atoms with Gasteiger partial charge in [0.2, 0.25) is 0 Å². The molecule has 1 aromatic carbocycles. The summed E-state index contributed by atoms with van der Waals surface area (Å²) in [6.07, 6.45) is 8.34. The van der Waals surface area contributed by atoms with Gasteiger partial charge in [0.25, 0.3) is 5.91 Å². The third-order valence-electron chi connectivity index (χ3n) is 5.90. The van der Waals surface area contributed by atoms with Gasteiger partial charge in [0.05, 0.1) is 41.4 Å². The van der Waals surface area contributed by atoms with Crippen LogP contribution >= 0.6 is 0 Å². The summed E-state index contributed by atoms with van der Waals surface area (Å²) in [6.45, 7) is 0. The summed E-state index contributed by atoms with van der Waals surface area (Å²) in [5, 5.41) is 20.7. The highest BCUT2D eigenvalue weighted by Crippen LogP contribution is 2.41. The summed E-state index contributed by atoms with van der Waals surface area (Å²) < 4.78 is 15.1. The van der Waals surface area contributed by atoms with Crippen molar-refractivity contribution in [1.82, 2.24) is 30.3 Å². The lowest BCUT2D eigenvalue weighted by molar-refractivity contribution is 0.0696. The van der Waals surface area contributed by atoms with Crippen LogP contribution in [0.25, 0.3) is 5.69 Å². The van der Waals surface area contributed by atoms with E-state index in [2.05, 4.69) is 31.7 Å². The van der Waals surface area contributed by atoms with E-state index in [1.165, 1.54) is 34.9 Å². The third-order valence-corrected chi connectivity index (χ3v) is 5.90. The van der Waals surface area contributed by atoms with E-state index >= 15 is 0 Å². The SMILES string of the molecule is O=C(O)c1cncc(-n2cc(C(NC(=O)c3cncc(F)c3)C3CCc4ccccc43)nn2)c1. The molecule has 34 heavy (non-hydrogen) atoms. The Kier molecular flexibility index (Phi) is 5.54. The van der Waals surface area contributed by atoms with Crippen LogP contribution in [0.5, 0.6) is 0 Å². The zero-order chi connectivity index (χ0) is 23.7. The molecule has 1 amide bonds. The first kappa shape index (κ1) is 21.4. The number of benzene rings is 1. The summed E-state index contributed by atoms with van der Waals surface area (Å²) in [6, 6.07) is 10.0. The van der Waals surface area contributed by atoms with Gasteiger partial charge in [-0.2, -0.15) is 0 Å². The Labute approximate surface area is 193 Å². The summed E-state index contributed by atoms with van der Waals surface area (Å²) in [4.78, 5) is 32.0. The second kappa shape index (κ2) is 8.81. The number of nitrogens with zero attached hydrogens (tertiary/aromatic N) is 5. The van der Waals surface area contributed by atoms with E-state index in [9.17, 15) is 19.1 Å². The van der Waals surface area contributed by atoms with Crippen LogP contribution in [0.4, 0.5) is 4.39 Å². The van der Waals surface area contributed by atoms with E-state index < -0.39 is 23.7 Å². The molecule has 9 nitrogen and oxygen atoms in total. The lowest BCUT2D eigenvalue weighted by Gasteiger charge is -2.24. The third kappa shape index (κ3) is 4.13. The maximum absolute atomic E-state index is 13.7. The van der Waals surface area contributed by atoms with Crippen LogP contribution in [-0.4, -0.2) is 41.9 Å². The fourth-order valence-corrected chi connectivity index (χ4v) is 4.29. The van der Waals surface area contributed by atoms with Crippen molar-refractivity contribution in [2.45, 2.75) is 24.8 Å². The van der Waals surface area contributed by atoms with E-state index in [1.54, 1.807) is 6.20 Å². The second-order valence-electron chi connectivity index (χ2n) is 8.01. The molecule has 2 N–H and O–H groups in total. The minimum Gasteiger partial charge on any atom is -0.478 e. The Morgan fingerprint density at radius 3 is 2.71 bits per heavy atom. The first-order chi connectivity index (χ1) is 16.5. The number of halogens is 1. The van der Waals surface area contributed by atoms with Crippen LogP contribution < -0.4 is 5.32 Å². The minimum atomic E-state index is -1.11. The molecule has 0 radical (unpaired) electrons. The van der Waals surface area contributed by atoms with Crippen LogP contribution in [-0.2, 0) is 6.42 Å². The highest BCUT2D eigenvalue weighted by Gasteiger charge is 2.34. The largest absolute Gasteiger partial charge is 0.478 e. The van der Waals surface area contributed by atoms with Crippen molar-refractivity contribution >= 4 is 11.9 Å². The lowest BCUT2D eigenvalue weighted by Crippen LogP contribution is -2.32. The topological polar surface area (TPSA) is 123 Å². The number of amides is 1. The number of aromatic carboxylic acids is 1. The van der Waals surface area contributed by atoms with Gasteiger partial charge in [-0.1, -0.05) is 29.5 Å². The minimum absolute atomic E-state index is 0.0164. The van der Waals surface area contributed by atoms with Crippen molar-refractivity contribution in [3.63, 3.8) is 0 Å². The number of rotatable bonds is 6. The van der Waals surface area contributed by atoms with Crippen molar-refractivity contribution in [2.24, 2.45) is 0 Å². The van der Waals surface area contributed by atoms with Crippen molar-refractivity contribution in [3.8, 4) is 5.69 Å². The Hall–Kier alpha value is -4.47. The first-order valence-electron chi connectivity index (χ1n) is 10.6. The number of carbonyl (C=O) groups is 2. The maximum atomic E-state index is 13.7. The molecule has 0 spiro atoms. The predicted molar refractivity (Wildman–Crippen MR) is 118 cm³/mol. The molecular formula is C24H19FN6O3. The maximum Gasteiger partial charge on any atom is 0.337 e. The number of fused-ring (bicyclic) bond motifs is 1.